The van der Waals surface area contributed by atoms with Gasteiger partial charge in [-0.3, -0.25) is 4.79 Å². The quantitative estimate of drug-likeness (QED) is 0.674. The van der Waals surface area contributed by atoms with Crippen molar-refractivity contribution in [1.29, 1.82) is 0 Å². The lowest BCUT2D eigenvalue weighted by Crippen LogP contribution is -2.37. The number of hydrogen-bond donors (Lipinski definition) is 2. The molecule has 0 saturated carbocycles. The summed E-state index contributed by atoms with van der Waals surface area (Å²) in [5.74, 6) is 1.15. The van der Waals surface area contributed by atoms with Gasteiger partial charge in [-0.15, -0.1) is 0 Å². The average Bonchev–Trinajstić information content (AvgIpc) is 2.19. The van der Waals surface area contributed by atoms with Gasteiger partial charge in [0.2, 0.25) is 5.91 Å². The van der Waals surface area contributed by atoms with Crippen LogP contribution in [0.4, 0.5) is 0 Å². The maximum Gasteiger partial charge on any atom is 0.224 e. The summed E-state index contributed by atoms with van der Waals surface area (Å²) in [5, 5.41) is 2.96. The third-order valence-corrected chi connectivity index (χ3v) is 3.04. The van der Waals surface area contributed by atoms with Crippen LogP contribution in [0.1, 0.15) is 33.6 Å². The van der Waals surface area contributed by atoms with Crippen LogP contribution < -0.4 is 11.1 Å². The molecule has 3 N–H and O–H groups in total. The van der Waals surface area contributed by atoms with Crippen molar-refractivity contribution < 1.29 is 4.79 Å². The molecule has 0 aliphatic carbocycles. The van der Waals surface area contributed by atoms with Gasteiger partial charge in [0, 0.05) is 13.1 Å². The first-order valence-electron chi connectivity index (χ1n) is 5.87. The van der Waals surface area contributed by atoms with Crippen molar-refractivity contribution in [2.75, 3.05) is 25.1 Å². The second-order valence-corrected chi connectivity index (χ2v) is 6.32. The van der Waals surface area contributed by atoms with E-state index in [1.165, 1.54) is 0 Å². The predicted molar refractivity (Wildman–Crippen MR) is 72.6 cm³/mol. The fraction of sp³-hybridized carbons (Fsp3) is 0.917. The van der Waals surface area contributed by atoms with E-state index in [1.807, 2.05) is 0 Å². The lowest BCUT2D eigenvalue weighted by Gasteiger charge is -2.24. The van der Waals surface area contributed by atoms with E-state index in [9.17, 15) is 4.79 Å². The monoisotopic (exact) mass is 246 g/mol. The molecule has 3 nitrogen and oxygen atoms in total. The Morgan fingerprint density at radius 1 is 1.44 bits per heavy atom. The Hall–Kier alpha value is -0.220. The van der Waals surface area contributed by atoms with Crippen LogP contribution >= 0.6 is 11.8 Å². The molecule has 0 fully saturated rings. The second-order valence-electron chi connectivity index (χ2n) is 5.33. The summed E-state index contributed by atoms with van der Waals surface area (Å²) in [6.07, 6.45) is 3.95. The molecule has 1 atom stereocenters. The number of amides is 1. The number of nitrogens with two attached hydrogens (primary N) is 1. The number of carbonyl (C=O) groups excluding carboxylic acids is 1. The van der Waals surface area contributed by atoms with Gasteiger partial charge in [0.1, 0.15) is 0 Å². The molecule has 1 amide bonds. The zero-order chi connectivity index (χ0) is 12.6. The highest BCUT2D eigenvalue weighted by atomic mass is 32.2. The Labute approximate surface area is 104 Å². The number of carbonyl (C=O) groups is 1. The van der Waals surface area contributed by atoms with E-state index in [2.05, 4.69) is 32.3 Å². The van der Waals surface area contributed by atoms with Gasteiger partial charge in [0.15, 0.2) is 0 Å². The molecule has 96 valence electrons. The normalized spacial score (nSPS) is 13.6. The topological polar surface area (TPSA) is 55.1 Å². The Balaban J connectivity index is 3.92. The SMILES string of the molecule is CSCCCNC(=O)C(CN)CC(C)(C)C. The van der Waals surface area contributed by atoms with Crippen molar-refractivity contribution in [3.63, 3.8) is 0 Å². The van der Waals surface area contributed by atoms with Crippen molar-refractivity contribution >= 4 is 17.7 Å². The van der Waals surface area contributed by atoms with Crippen LogP contribution in [0.5, 0.6) is 0 Å². The summed E-state index contributed by atoms with van der Waals surface area (Å²) in [6.45, 7) is 7.61. The third kappa shape index (κ3) is 7.99. The van der Waals surface area contributed by atoms with Crippen molar-refractivity contribution in [3.05, 3.63) is 0 Å². The van der Waals surface area contributed by atoms with Crippen molar-refractivity contribution in [2.45, 2.75) is 33.6 Å². The highest BCUT2D eigenvalue weighted by Crippen LogP contribution is 2.23. The Morgan fingerprint density at radius 2 is 2.06 bits per heavy atom. The van der Waals surface area contributed by atoms with Gasteiger partial charge < -0.3 is 11.1 Å². The highest BCUT2D eigenvalue weighted by Gasteiger charge is 2.23. The summed E-state index contributed by atoms with van der Waals surface area (Å²) in [4.78, 5) is 11.8. The lowest BCUT2D eigenvalue weighted by atomic mass is 9.84. The summed E-state index contributed by atoms with van der Waals surface area (Å²) in [6, 6.07) is 0. The molecule has 16 heavy (non-hydrogen) atoms. The molecule has 0 aliphatic heterocycles. The number of thioether (sulfide) groups is 1. The first-order valence-corrected chi connectivity index (χ1v) is 7.27. The molecule has 0 aliphatic rings. The summed E-state index contributed by atoms with van der Waals surface area (Å²) in [7, 11) is 0. The van der Waals surface area contributed by atoms with Crippen molar-refractivity contribution in [2.24, 2.45) is 17.1 Å². The van der Waals surface area contributed by atoms with E-state index in [-0.39, 0.29) is 17.2 Å². The minimum absolute atomic E-state index is 0.0470. The molecular formula is C12H26N2OS. The highest BCUT2D eigenvalue weighted by molar-refractivity contribution is 7.98. The first-order chi connectivity index (χ1) is 7.40. The van der Waals surface area contributed by atoms with E-state index >= 15 is 0 Å². The number of hydrogen-bond acceptors (Lipinski definition) is 3. The molecule has 4 heteroatoms. The first kappa shape index (κ1) is 15.8. The van der Waals surface area contributed by atoms with Gasteiger partial charge in [-0.2, -0.15) is 11.8 Å². The molecule has 0 aromatic carbocycles. The smallest absolute Gasteiger partial charge is 0.224 e. The van der Waals surface area contributed by atoms with Crippen LogP contribution in [0.3, 0.4) is 0 Å². The lowest BCUT2D eigenvalue weighted by molar-refractivity contribution is -0.125. The molecule has 0 heterocycles. The third-order valence-electron chi connectivity index (χ3n) is 2.34. The maximum absolute atomic E-state index is 11.8. The molecule has 1 unspecified atom stereocenters. The zero-order valence-electron chi connectivity index (χ0n) is 11.0. The van der Waals surface area contributed by atoms with Gasteiger partial charge in [0.25, 0.3) is 0 Å². The average molecular weight is 246 g/mol. The van der Waals surface area contributed by atoms with E-state index in [0.717, 1.165) is 25.1 Å². The van der Waals surface area contributed by atoms with Crippen molar-refractivity contribution in [3.8, 4) is 0 Å². The fourth-order valence-electron chi connectivity index (χ4n) is 1.59. The molecule has 0 rings (SSSR count). The van der Waals surface area contributed by atoms with Crippen molar-refractivity contribution in [1.82, 2.24) is 5.32 Å². The van der Waals surface area contributed by atoms with Crippen LogP contribution in [-0.2, 0) is 4.79 Å². The minimum Gasteiger partial charge on any atom is -0.356 e. The molecule has 0 aromatic heterocycles. The molecular weight excluding hydrogens is 220 g/mol. The van der Waals surface area contributed by atoms with Crippen LogP contribution in [0.2, 0.25) is 0 Å². The summed E-state index contributed by atoms with van der Waals surface area (Å²) in [5.41, 5.74) is 5.80. The van der Waals surface area contributed by atoms with Gasteiger partial charge in [0.05, 0.1) is 5.92 Å². The second kappa shape index (κ2) is 7.96. The van der Waals surface area contributed by atoms with Gasteiger partial charge in [-0.25, -0.2) is 0 Å². The Kier molecular flexibility index (Phi) is 7.85. The van der Waals surface area contributed by atoms with E-state index in [1.54, 1.807) is 11.8 Å². The summed E-state index contributed by atoms with van der Waals surface area (Å²) < 4.78 is 0. The Morgan fingerprint density at radius 3 is 2.50 bits per heavy atom. The van der Waals surface area contributed by atoms with Gasteiger partial charge in [-0.05, 0) is 30.3 Å². The predicted octanol–water partition coefficient (Wildman–Crippen LogP) is 1.87. The van der Waals surface area contributed by atoms with Gasteiger partial charge >= 0.3 is 0 Å². The molecule has 0 radical (unpaired) electrons. The Bertz CT molecular complexity index is 202. The molecule has 0 spiro atoms. The van der Waals surface area contributed by atoms with Crippen LogP contribution in [-0.4, -0.2) is 31.0 Å². The van der Waals surface area contributed by atoms with Crippen LogP contribution in [0.25, 0.3) is 0 Å². The fourth-order valence-corrected chi connectivity index (χ4v) is 2.03. The van der Waals surface area contributed by atoms with E-state index in [0.29, 0.717) is 6.54 Å². The van der Waals surface area contributed by atoms with Gasteiger partial charge in [-0.1, -0.05) is 20.8 Å². The molecule has 0 saturated heterocycles. The number of nitrogens with one attached hydrogen (secondary N) is 1. The molecule has 0 aromatic rings. The maximum atomic E-state index is 11.8. The summed E-state index contributed by atoms with van der Waals surface area (Å²) >= 11 is 1.80. The largest absolute Gasteiger partial charge is 0.356 e. The van der Waals surface area contributed by atoms with Crippen LogP contribution in [0.15, 0.2) is 0 Å². The number of rotatable bonds is 7. The van der Waals surface area contributed by atoms with E-state index in [4.69, 9.17) is 5.73 Å². The standard InChI is InChI=1S/C12H26N2OS/c1-12(2,3)8-10(9-13)11(15)14-6-5-7-16-4/h10H,5-9,13H2,1-4H3,(H,14,15). The minimum atomic E-state index is -0.0470. The zero-order valence-corrected chi connectivity index (χ0v) is 11.8. The molecule has 0 bridgehead atoms. The van der Waals surface area contributed by atoms with Crippen LogP contribution in [0, 0.1) is 11.3 Å². The van der Waals surface area contributed by atoms with E-state index < -0.39 is 0 Å².